The van der Waals surface area contributed by atoms with Crippen molar-refractivity contribution in [2.75, 3.05) is 0 Å². The maximum Gasteiger partial charge on any atom is 0.161 e. The monoisotopic (exact) mass is 643 g/mol. The van der Waals surface area contributed by atoms with Crippen molar-refractivity contribution in [3.63, 3.8) is 0 Å². The number of fused-ring (bicyclic) bond motifs is 2. The van der Waals surface area contributed by atoms with E-state index in [1.807, 2.05) is 18.2 Å². The minimum absolute atomic E-state index is 0.702. The van der Waals surface area contributed by atoms with E-state index in [0.717, 1.165) is 54.9 Å². The molecule has 4 heteroatoms. The van der Waals surface area contributed by atoms with Crippen LogP contribution in [0.2, 0.25) is 0 Å². The van der Waals surface area contributed by atoms with Crippen molar-refractivity contribution in [3.05, 3.63) is 176 Å². The van der Waals surface area contributed by atoms with E-state index in [1.165, 1.54) is 27.0 Å². The highest BCUT2D eigenvalue weighted by molar-refractivity contribution is 7.22. The van der Waals surface area contributed by atoms with Gasteiger partial charge >= 0.3 is 0 Å². The third-order valence-electron chi connectivity index (χ3n) is 8.97. The molecule has 2 heterocycles. The molecule has 0 aliphatic carbocycles. The lowest BCUT2D eigenvalue weighted by Gasteiger charge is -2.14. The maximum atomic E-state index is 5.22. The van der Waals surface area contributed by atoms with Crippen LogP contribution in [0, 0.1) is 0 Å². The van der Waals surface area contributed by atoms with Crippen LogP contribution in [0.1, 0.15) is 0 Å². The summed E-state index contributed by atoms with van der Waals surface area (Å²) in [7, 11) is 0. The molecule has 49 heavy (non-hydrogen) atoms. The van der Waals surface area contributed by atoms with Gasteiger partial charge in [0.1, 0.15) is 5.01 Å². The Bertz CT molecular complexity index is 2580. The highest BCUT2D eigenvalue weighted by atomic mass is 32.1. The van der Waals surface area contributed by atoms with Gasteiger partial charge in [-0.1, -0.05) is 158 Å². The van der Waals surface area contributed by atoms with Crippen molar-refractivity contribution in [3.8, 4) is 66.7 Å². The lowest BCUT2D eigenvalue weighted by atomic mass is 9.94. The fourth-order valence-electron chi connectivity index (χ4n) is 6.53. The summed E-state index contributed by atoms with van der Waals surface area (Å²) >= 11 is 1.74. The van der Waals surface area contributed by atoms with E-state index in [4.69, 9.17) is 15.0 Å². The zero-order valence-electron chi connectivity index (χ0n) is 26.5. The predicted molar refractivity (Wildman–Crippen MR) is 205 cm³/mol. The summed E-state index contributed by atoms with van der Waals surface area (Å²) in [6.45, 7) is 0. The van der Waals surface area contributed by atoms with Crippen LogP contribution in [0.25, 0.3) is 87.7 Å². The smallest absolute Gasteiger partial charge is 0.161 e. The molecule has 0 fully saturated rings. The molecule has 9 rings (SSSR count). The van der Waals surface area contributed by atoms with E-state index in [0.29, 0.717) is 5.82 Å². The standard InChI is InChI=1S/C45H29N3S/c1-4-13-30(14-5-1)31-23-25-33(26-24-31)42-29-41(32-15-6-2-7-16-32)46-44(47-42)39-28-27-37(35-19-10-11-20-36(35)39)38-21-12-22-40-43(38)49-45(48-40)34-17-8-3-9-18-34/h1-29H. The minimum atomic E-state index is 0.702. The summed E-state index contributed by atoms with van der Waals surface area (Å²) in [4.78, 5) is 15.4. The molecule has 0 bridgehead atoms. The molecule has 0 N–H and O–H groups in total. The van der Waals surface area contributed by atoms with Gasteiger partial charge in [-0.3, -0.25) is 0 Å². The Morgan fingerprint density at radius 3 is 1.53 bits per heavy atom. The zero-order valence-corrected chi connectivity index (χ0v) is 27.3. The first kappa shape index (κ1) is 29.0. The number of benzene rings is 7. The Labute approximate surface area is 288 Å². The summed E-state index contributed by atoms with van der Waals surface area (Å²) in [5.74, 6) is 0.702. The van der Waals surface area contributed by atoms with Gasteiger partial charge < -0.3 is 0 Å². The molecule has 2 aromatic heterocycles. The normalized spacial score (nSPS) is 11.3. The third-order valence-corrected chi connectivity index (χ3v) is 10.1. The van der Waals surface area contributed by atoms with Gasteiger partial charge in [0.25, 0.3) is 0 Å². The van der Waals surface area contributed by atoms with E-state index in [2.05, 4.69) is 158 Å². The first-order valence-corrected chi connectivity index (χ1v) is 17.2. The van der Waals surface area contributed by atoms with Gasteiger partial charge in [0.05, 0.1) is 21.6 Å². The average Bonchev–Trinajstić information content (AvgIpc) is 3.64. The van der Waals surface area contributed by atoms with E-state index in [9.17, 15) is 0 Å². The lowest BCUT2D eigenvalue weighted by molar-refractivity contribution is 1.19. The summed E-state index contributed by atoms with van der Waals surface area (Å²) < 4.78 is 1.18. The van der Waals surface area contributed by atoms with Gasteiger partial charge in [-0.15, -0.1) is 11.3 Å². The average molecular weight is 644 g/mol. The van der Waals surface area contributed by atoms with Crippen LogP contribution in [-0.4, -0.2) is 15.0 Å². The van der Waals surface area contributed by atoms with Crippen LogP contribution in [0.15, 0.2) is 176 Å². The van der Waals surface area contributed by atoms with E-state index in [1.54, 1.807) is 11.3 Å². The molecule has 0 unspecified atom stereocenters. The quantitative estimate of drug-likeness (QED) is 0.181. The number of rotatable bonds is 6. The Balaban J connectivity index is 1.19. The molecule has 0 saturated heterocycles. The molecule has 0 amide bonds. The molecule has 7 aromatic carbocycles. The summed E-state index contributed by atoms with van der Waals surface area (Å²) in [5, 5.41) is 3.30. The van der Waals surface area contributed by atoms with E-state index in [-0.39, 0.29) is 0 Å². The van der Waals surface area contributed by atoms with Gasteiger partial charge in [0.15, 0.2) is 5.82 Å². The third kappa shape index (κ3) is 5.48. The van der Waals surface area contributed by atoms with Gasteiger partial charge in [-0.25, -0.2) is 15.0 Å². The number of aromatic nitrogens is 3. The van der Waals surface area contributed by atoms with Crippen LogP contribution in [-0.2, 0) is 0 Å². The molecule has 230 valence electrons. The largest absolute Gasteiger partial charge is 0.236 e. The van der Waals surface area contributed by atoms with Crippen LogP contribution in [0.3, 0.4) is 0 Å². The van der Waals surface area contributed by atoms with Crippen LogP contribution < -0.4 is 0 Å². The SMILES string of the molecule is c1ccc(-c2ccc(-c3cc(-c4ccccc4)nc(-c4ccc(-c5cccc6nc(-c7ccccc7)sc56)c5ccccc45)n3)cc2)cc1. The second-order valence-corrected chi connectivity index (χ2v) is 13.0. The first-order chi connectivity index (χ1) is 24.3. The van der Waals surface area contributed by atoms with Crippen LogP contribution in [0.4, 0.5) is 0 Å². The number of nitrogens with zero attached hydrogens (tertiary/aromatic N) is 3. The van der Waals surface area contributed by atoms with Crippen molar-refractivity contribution in [2.24, 2.45) is 0 Å². The Morgan fingerprint density at radius 2 is 0.857 bits per heavy atom. The maximum absolute atomic E-state index is 5.22. The molecule has 3 nitrogen and oxygen atoms in total. The van der Waals surface area contributed by atoms with Crippen molar-refractivity contribution < 1.29 is 0 Å². The second kappa shape index (κ2) is 12.4. The molecule has 9 aromatic rings. The molecule has 0 aliphatic rings. The summed E-state index contributed by atoms with van der Waals surface area (Å²) in [5.41, 5.74) is 11.8. The van der Waals surface area contributed by atoms with Gasteiger partial charge in [-0.2, -0.15) is 0 Å². The minimum Gasteiger partial charge on any atom is -0.236 e. The molecular weight excluding hydrogens is 615 g/mol. The van der Waals surface area contributed by atoms with Crippen molar-refractivity contribution in [1.29, 1.82) is 0 Å². The molecule has 0 spiro atoms. The zero-order chi connectivity index (χ0) is 32.6. The summed E-state index contributed by atoms with van der Waals surface area (Å²) in [6.07, 6.45) is 0. The molecule has 0 atom stereocenters. The van der Waals surface area contributed by atoms with Gasteiger partial charge in [0.2, 0.25) is 0 Å². The molecule has 0 radical (unpaired) electrons. The Morgan fingerprint density at radius 1 is 0.347 bits per heavy atom. The highest BCUT2D eigenvalue weighted by Gasteiger charge is 2.17. The molecular formula is C45H29N3S. The second-order valence-electron chi connectivity index (χ2n) is 12.0. The van der Waals surface area contributed by atoms with Gasteiger partial charge in [0, 0.05) is 27.8 Å². The first-order valence-electron chi connectivity index (χ1n) is 16.4. The van der Waals surface area contributed by atoms with Crippen molar-refractivity contribution in [2.45, 2.75) is 0 Å². The fraction of sp³-hybridized carbons (Fsp3) is 0. The molecule has 0 aliphatic heterocycles. The van der Waals surface area contributed by atoms with Crippen LogP contribution >= 0.6 is 11.3 Å². The number of hydrogen-bond acceptors (Lipinski definition) is 4. The van der Waals surface area contributed by atoms with E-state index < -0.39 is 0 Å². The lowest BCUT2D eigenvalue weighted by Crippen LogP contribution is -1.97. The number of thiazole rings is 1. The fourth-order valence-corrected chi connectivity index (χ4v) is 7.63. The van der Waals surface area contributed by atoms with Crippen molar-refractivity contribution in [1.82, 2.24) is 15.0 Å². The van der Waals surface area contributed by atoms with Crippen molar-refractivity contribution >= 4 is 32.3 Å². The van der Waals surface area contributed by atoms with Crippen LogP contribution in [0.5, 0.6) is 0 Å². The van der Waals surface area contributed by atoms with Gasteiger partial charge in [-0.05, 0) is 45.7 Å². The molecule has 0 saturated carbocycles. The van der Waals surface area contributed by atoms with E-state index >= 15 is 0 Å². The number of hydrogen-bond donors (Lipinski definition) is 0. The Kier molecular flexibility index (Phi) is 7.34. The predicted octanol–water partition coefficient (Wildman–Crippen LogP) is 12.2. The Hall–Kier alpha value is -6.23. The topological polar surface area (TPSA) is 38.7 Å². The summed E-state index contributed by atoms with van der Waals surface area (Å²) in [6, 6.07) is 61.4. The highest BCUT2D eigenvalue weighted by Crippen LogP contribution is 2.41.